The van der Waals surface area contributed by atoms with Gasteiger partial charge in [-0.2, -0.15) is 0 Å². The first kappa shape index (κ1) is 16.9. The molecular weight excluding hydrogens is 236 g/mol. The predicted octanol–water partition coefficient (Wildman–Crippen LogP) is -0.241. The van der Waals surface area contributed by atoms with E-state index >= 15 is 0 Å². The van der Waals surface area contributed by atoms with Gasteiger partial charge in [0.25, 0.3) is 0 Å². The van der Waals surface area contributed by atoms with Gasteiger partial charge < -0.3 is 20.1 Å². The third-order valence-electron chi connectivity index (χ3n) is 2.29. The molecule has 0 spiro atoms. The fraction of sp³-hybridized carbons (Fsp3) is 0.833. The molecule has 0 rings (SSSR count). The van der Waals surface area contributed by atoms with Crippen molar-refractivity contribution in [1.29, 1.82) is 0 Å². The molecule has 0 fully saturated rings. The summed E-state index contributed by atoms with van der Waals surface area (Å²) in [5.74, 6) is -1.23. The minimum atomic E-state index is -0.630. The number of amides is 2. The van der Waals surface area contributed by atoms with E-state index in [0.717, 1.165) is 0 Å². The monoisotopic (exact) mass is 260 g/mol. The van der Waals surface area contributed by atoms with Crippen LogP contribution in [-0.4, -0.2) is 60.8 Å². The van der Waals surface area contributed by atoms with Crippen molar-refractivity contribution in [2.24, 2.45) is 0 Å². The average Bonchev–Trinajstić information content (AvgIpc) is 2.34. The van der Waals surface area contributed by atoms with Crippen LogP contribution >= 0.6 is 0 Å². The normalized spacial score (nSPS) is 10.5. The van der Waals surface area contributed by atoms with Crippen molar-refractivity contribution in [2.75, 3.05) is 32.8 Å². The second kappa shape index (κ2) is 9.85. The largest absolute Gasteiger partial charge is 0.395 e. The molecule has 0 radical (unpaired) electrons. The number of rotatable bonds is 8. The molecule has 0 aromatic heterocycles. The van der Waals surface area contributed by atoms with Gasteiger partial charge in [0.2, 0.25) is 0 Å². The number of likely N-dealkylation sites (N-methyl/N-ethyl adjacent to an activating group) is 1. The molecule has 0 aliphatic rings. The molecule has 0 aliphatic carbocycles. The van der Waals surface area contributed by atoms with Gasteiger partial charge in [0.15, 0.2) is 0 Å². The summed E-state index contributed by atoms with van der Waals surface area (Å²) in [6.07, 6.45) is 0.839. The third kappa shape index (κ3) is 7.24. The fourth-order valence-corrected chi connectivity index (χ4v) is 1.34. The zero-order chi connectivity index (χ0) is 14.0. The summed E-state index contributed by atoms with van der Waals surface area (Å²) in [5.41, 5.74) is 0. The summed E-state index contributed by atoms with van der Waals surface area (Å²) in [5, 5.41) is 11.3. The van der Waals surface area contributed by atoms with Crippen molar-refractivity contribution >= 4 is 11.8 Å². The molecule has 18 heavy (non-hydrogen) atoms. The average molecular weight is 260 g/mol. The first-order valence-electron chi connectivity index (χ1n) is 6.32. The van der Waals surface area contributed by atoms with Gasteiger partial charge in [-0.15, -0.1) is 0 Å². The summed E-state index contributed by atoms with van der Waals surface area (Å²) in [6, 6.07) is 0. The van der Waals surface area contributed by atoms with Crippen LogP contribution in [0.2, 0.25) is 0 Å². The van der Waals surface area contributed by atoms with Crippen LogP contribution in [0.1, 0.15) is 27.2 Å². The van der Waals surface area contributed by atoms with Crippen LogP contribution in [0, 0.1) is 0 Å². The highest BCUT2D eigenvalue weighted by Gasteiger charge is 2.19. The summed E-state index contributed by atoms with van der Waals surface area (Å²) in [7, 11) is 0. The van der Waals surface area contributed by atoms with Crippen LogP contribution in [0.25, 0.3) is 0 Å². The molecule has 0 bridgehead atoms. The van der Waals surface area contributed by atoms with E-state index < -0.39 is 11.8 Å². The van der Waals surface area contributed by atoms with Crippen LogP contribution in [-0.2, 0) is 14.3 Å². The standard InChI is InChI=1S/C12H24N2O4/c1-4-14(7-8-15)12(17)11(16)13-6-5-9-18-10(2)3/h10,15H,4-9H2,1-3H3,(H,13,16). The lowest BCUT2D eigenvalue weighted by atomic mass is 10.4. The summed E-state index contributed by atoms with van der Waals surface area (Å²) in [4.78, 5) is 24.4. The highest BCUT2D eigenvalue weighted by Crippen LogP contribution is 1.91. The number of ether oxygens (including phenoxy) is 1. The van der Waals surface area contributed by atoms with Crippen LogP contribution in [0.4, 0.5) is 0 Å². The molecule has 6 nitrogen and oxygen atoms in total. The second-order valence-corrected chi connectivity index (χ2v) is 4.14. The Hall–Kier alpha value is -1.14. The number of nitrogens with one attached hydrogen (secondary N) is 1. The van der Waals surface area contributed by atoms with Crippen molar-refractivity contribution in [1.82, 2.24) is 10.2 Å². The number of aliphatic hydroxyl groups excluding tert-OH is 1. The zero-order valence-electron chi connectivity index (χ0n) is 11.4. The van der Waals surface area contributed by atoms with E-state index in [0.29, 0.717) is 26.1 Å². The van der Waals surface area contributed by atoms with Crippen molar-refractivity contribution in [2.45, 2.75) is 33.3 Å². The van der Waals surface area contributed by atoms with Gasteiger partial charge in [-0.1, -0.05) is 0 Å². The maximum absolute atomic E-state index is 11.6. The lowest BCUT2D eigenvalue weighted by molar-refractivity contribution is -0.146. The molecule has 0 heterocycles. The quantitative estimate of drug-likeness (QED) is 0.466. The molecule has 0 unspecified atom stereocenters. The molecule has 0 aliphatic heterocycles. The van der Waals surface area contributed by atoms with Gasteiger partial charge in [0, 0.05) is 26.2 Å². The number of hydrogen-bond acceptors (Lipinski definition) is 4. The van der Waals surface area contributed by atoms with E-state index in [-0.39, 0.29) is 19.3 Å². The van der Waals surface area contributed by atoms with Crippen LogP contribution in [0.3, 0.4) is 0 Å². The minimum absolute atomic E-state index is 0.144. The number of hydrogen-bond donors (Lipinski definition) is 2. The molecule has 0 aromatic rings. The fourth-order valence-electron chi connectivity index (χ4n) is 1.34. The van der Waals surface area contributed by atoms with E-state index in [4.69, 9.17) is 9.84 Å². The molecular formula is C12H24N2O4. The molecule has 0 aromatic carbocycles. The Morgan fingerprint density at radius 1 is 1.39 bits per heavy atom. The van der Waals surface area contributed by atoms with Crippen molar-refractivity contribution < 1.29 is 19.4 Å². The minimum Gasteiger partial charge on any atom is -0.395 e. The Morgan fingerprint density at radius 2 is 2.06 bits per heavy atom. The van der Waals surface area contributed by atoms with Crippen molar-refractivity contribution in [3.8, 4) is 0 Å². The molecule has 0 saturated carbocycles. The number of nitrogens with zero attached hydrogens (tertiary/aromatic N) is 1. The Labute approximate surface area is 108 Å². The van der Waals surface area contributed by atoms with Crippen molar-refractivity contribution in [3.63, 3.8) is 0 Å². The number of carbonyl (C=O) groups is 2. The Morgan fingerprint density at radius 3 is 2.56 bits per heavy atom. The Kier molecular flexibility index (Phi) is 9.22. The smallest absolute Gasteiger partial charge is 0.311 e. The lowest BCUT2D eigenvalue weighted by Gasteiger charge is -2.18. The molecule has 2 amide bonds. The van der Waals surface area contributed by atoms with Crippen LogP contribution < -0.4 is 5.32 Å². The van der Waals surface area contributed by atoms with E-state index in [1.54, 1.807) is 6.92 Å². The van der Waals surface area contributed by atoms with E-state index in [1.807, 2.05) is 13.8 Å². The topological polar surface area (TPSA) is 78.9 Å². The summed E-state index contributed by atoms with van der Waals surface area (Å²) in [6.45, 7) is 7.05. The van der Waals surface area contributed by atoms with Crippen LogP contribution in [0.15, 0.2) is 0 Å². The van der Waals surface area contributed by atoms with Crippen LogP contribution in [0.5, 0.6) is 0 Å². The van der Waals surface area contributed by atoms with Gasteiger partial charge in [0.05, 0.1) is 12.7 Å². The lowest BCUT2D eigenvalue weighted by Crippen LogP contribution is -2.44. The van der Waals surface area contributed by atoms with E-state index in [2.05, 4.69) is 5.32 Å². The second-order valence-electron chi connectivity index (χ2n) is 4.14. The Balaban J connectivity index is 3.83. The van der Waals surface area contributed by atoms with E-state index in [9.17, 15) is 9.59 Å². The van der Waals surface area contributed by atoms with Gasteiger partial charge in [-0.05, 0) is 27.2 Å². The van der Waals surface area contributed by atoms with Gasteiger partial charge >= 0.3 is 11.8 Å². The molecule has 2 N–H and O–H groups in total. The molecule has 6 heteroatoms. The predicted molar refractivity (Wildman–Crippen MR) is 68.1 cm³/mol. The maximum atomic E-state index is 11.6. The third-order valence-corrected chi connectivity index (χ3v) is 2.29. The highest BCUT2D eigenvalue weighted by atomic mass is 16.5. The van der Waals surface area contributed by atoms with Gasteiger partial charge in [-0.25, -0.2) is 0 Å². The molecule has 0 saturated heterocycles. The first-order chi connectivity index (χ1) is 8.52. The Bertz CT molecular complexity index is 256. The first-order valence-corrected chi connectivity index (χ1v) is 6.32. The molecule has 106 valence electrons. The van der Waals surface area contributed by atoms with Gasteiger partial charge in [-0.3, -0.25) is 9.59 Å². The van der Waals surface area contributed by atoms with Gasteiger partial charge in [0.1, 0.15) is 0 Å². The number of carbonyl (C=O) groups excluding carboxylic acids is 2. The number of aliphatic hydroxyl groups is 1. The maximum Gasteiger partial charge on any atom is 0.311 e. The zero-order valence-corrected chi connectivity index (χ0v) is 11.4. The van der Waals surface area contributed by atoms with E-state index in [1.165, 1.54) is 4.90 Å². The summed E-state index contributed by atoms with van der Waals surface area (Å²) >= 11 is 0. The SMILES string of the molecule is CCN(CCO)C(=O)C(=O)NCCCOC(C)C. The highest BCUT2D eigenvalue weighted by molar-refractivity contribution is 6.34. The van der Waals surface area contributed by atoms with Crippen molar-refractivity contribution in [3.05, 3.63) is 0 Å². The molecule has 0 atom stereocenters. The summed E-state index contributed by atoms with van der Waals surface area (Å²) < 4.78 is 5.31.